The van der Waals surface area contributed by atoms with E-state index in [-0.39, 0.29) is 0 Å². The van der Waals surface area contributed by atoms with E-state index in [1.54, 1.807) is 47.3 Å². The zero-order valence-corrected chi connectivity index (χ0v) is 37.7. The van der Waals surface area contributed by atoms with Crippen LogP contribution in [-0.2, 0) is 32.1 Å². The van der Waals surface area contributed by atoms with Gasteiger partial charge in [-0.25, -0.2) is 0 Å². The van der Waals surface area contributed by atoms with Crippen molar-refractivity contribution in [1.82, 2.24) is 0 Å². The van der Waals surface area contributed by atoms with Crippen molar-refractivity contribution < 1.29 is 0 Å². The molecular weight excluding hydrogens is 725 g/mol. The maximum atomic E-state index is 2.63. The molecule has 0 aliphatic heterocycles. The topological polar surface area (TPSA) is 0 Å². The van der Waals surface area contributed by atoms with Crippen LogP contribution in [0.5, 0.6) is 0 Å². The molecule has 5 aromatic rings. The highest BCUT2D eigenvalue weighted by Gasteiger charge is 2.23. The van der Waals surface area contributed by atoms with E-state index >= 15 is 0 Å². The molecule has 5 heteroatoms. The van der Waals surface area contributed by atoms with Crippen molar-refractivity contribution >= 4 is 56.7 Å². The molecule has 0 aliphatic carbocycles. The molecule has 0 aliphatic rings. The van der Waals surface area contributed by atoms with Crippen molar-refractivity contribution in [2.45, 2.75) is 177 Å². The van der Waals surface area contributed by atoms with E-state index in [0.717, 1.165) is 0 Å². The molecule has 5 heterocycles. The number of hydrogen-bond donors (Lipinski definition) is 0. The molecule has 0 N–H and O–H groups in total. The summed E-state index contributed by atoms with van der Waals surface area (Å²) in [6, 6.07) is 12.9. The van der Waals surface area contributed by atoms with Crippen molar-refractivity contribution in [2.75, 3.05) is 0 Å². The van der Waals surface area contributed by atoms with Crippen LogP contribution in [0.2, 0.25) is 0 Å². The molecule has 0 bridgehead atoms. The van der Waals surface area contributed by atoms with Gasteiger partial charge in [0.2, 0.25) is 0 Å². The summed E-state index contributed by atoms with van der Waals surface area (Å²) in [6.45, 7) is 16.3. The standard InChI is InChI=1S/C47H66S5/c1-8-13-18-23-35-29-40(49-34(35)7)45-37(25-20-15-10-3)31-42(51-45)47-39(27-22-17-12-5)32-43(52-47)46-38(26-21-16-11-4)30-41(50-46)44-36(24-19-14-9-2)28-33(6)48-44/h28-32H,8-27H2,1-7H3. The molecule has 0 unspecified atom stereocenters. The second-order valence-electron chi connectivity index (χ2n) is 15.1. The highest BCUT2D eigenvalue weighted by Crippen LogP contribution is 2.50. The minimum absolute atomic E-state index is 1.19. The van der Waals surface area contributed by atoms with Crippen molar-refractivity contribution in [2.24, 2.45) is 0 Å². The van der Waals surface area contributed by atoms with Crippen molar-refractivity contribution in [3.8, 4) is 39.0 Å². The fourth-order valence-corrected chi connectivity index (χ4v) is 13.8. The van der Waals surface area contributed by atoms with E-state index in [1.807, 2.05) is 22.7 Å². The highest BCUT2D eigenvalue weighted by atomic mass is 32.1. The van der Waals surface area contributed by atoms with Crippen LogP contribution in [0.15, 0.2) is 30.3 Å². The minimum atomic E-state index is 1.19. The second kappa shape index (κ2) is 21.6. The van der Waals surface area contributed by atoms with Gasteiger partial charge in [-0.2, -0.15) is 0 Å². The zero-order valence-electron chi connectivity index (χ0n) is 33.6. The van der Waals surface area contributed by atoms with E-state index in [0.29, 0.717) is 0 Å². The van der Waals surface area contributed by atoms with Crippen molar-refractivity contribution in [3.05, 3.63) is 67.9 Å². The number of rotatable bonds is 24. The summed E-state index contributed by atoms with van der Waals surface area (Å²) >= 11 is 10.4. The molecule has 0 atom stereocenters. The highest BCUT2D eigenvalue weighted by molar-refractivity contribution is 7.30. The van der Waals surface area contributed by atoms with Gasteiger partial charge >= 0.3 is 0 Å². The summed E-state index contributed by atoms with van der Waals surface area (Å²) in [5.41, 5.74) is 7.93. The van der Waals surface area contributed by atoms with Crippen LogP contribution in [0.4, 0.5) is 0 Å². The monoisotopic (exact) mass is 790 g/mol. The number of unbranched alkanes of at least 4 members (excludes halogenated alkanes) is 10. The van der Waals surface area contributed by atoms with E-state index in [2.05, 4.69) is 113 Å². The third kappa shape index (κ3) is 11.1. The maximum absolute atomic E-state index is 2.63. The zero-order chi connectivity index (χ0) is 36.9. The minimum Gasteiger partial charge on any atom is -0.139 e. The number of aryl methyl sites for hydroxylation is 7. The normalized spacial score (nSPS) is 11.8. The predicted molar refractivity (Wildman–Crippen MR) is 243 cm³/mol. The van der Waals surface area contributed by atoms with Gasteiger partial charge < -0.3 is 0 Å². The van der Waals surface area contributed by atoms with Crippen LogP contribution in [0.25, 0.3) is 39.0 Å². The number of thiophene rings is 5. The Morgan fingerprint density at radius 3 is 0.981 bits per heavy atom. The molecule has 0 amide bonds. The SMILES string of the molecule is CCCCCc1cc(-c2sc(-c3sc(-c4sc(-c5sc(C)cc5CCCCC)cc4CCCCC)cc3CCCCC)cc2CCCCC)sc1C. The fourth-order valence-electron chi connectivity index (χ4n) is 7.47. The lowest BCUT2D eigenvalue weighted by atomic mass is 10.0. The van der Waals surface area contributed by atoms with Crippen LogP contribution < -0.4 is 0 Å². The first-order valence-corrected chi connectivity index (χ1v) is 25.1. The molecule has 52 heavy (non-hydrogen) atoms. The molecule has 5 aromatic heterocycles. The van der Waals surface area contributed by atoms with E-state index < -0.39 is 0 Å². The Labute approximate surface area is 338 Å². The molecule has 5 rings (SSSR count). The molecule has 0 nitrogen and oxygen atoms in total. The van der Waals surface area contributed by atoms with Gasteiger partial charge in [-0.3, -0.25) is 0 Å². The summed E-state index contributed by atoms with van der Waals surface area (Å²) in [6.07, 6.45) is 25.4. The molecule has 0 saturated carbocycles. The average molecular weight is 791 g/mol. The lowest BCUT2D eigenvalue weighted by Gasteiger charge is -2.01. The molecule has 284 valence electrons. The van der Waals surface area contributed by atoms with Crippen LogP contribution in [0.1, 0.15) is 169 Å². The Balaban J connectivity index is 1.57. The predicted octanol–water partition coefficient (Wildman–Crippen LogP) is 17.9. The quantitative estimate of drug-likeness (QED) is 0.0546. The second-order valence-corrected chi connectivity index (χ2v) is 20.8. The molecule has 0 aromatic carbocycles. The lowest BCUT2D eigenvalue weighted by Crippen LogP contribution is -1.86. The van der Waals surface area contributed by atoms with Gasteiger partial charge in [0, 0.05) is 48.8 Å². The van der Waals surface area contributed by atoms with Gasteiger partial charge in [-0.15, -0.1) is 56.7 Å². The van der Waals surface area contributed by atoms with Gasteiger partial charge in [-0.05, 0) is 136 Å². The fraction of sp³-hybridized carbons (Fsp3) is 0.574. The maximum Gasteiger partial charge on any atom is 0.0481 e. The Hall–Kier alpha value is -1.50. The third-order valence-electron chi connectivity index (χ3n) is 10.5. The Morgan fingerprint density at radius 1 is 0.327 bits per heavy atom. The smallest absolute Gasteiger partial charge is 0.0481 e. The van der Waals surface area contributed by atoms with Crippen LogP contribution in [-0.4, -0.2) is 0 Å². The van der Waals surface area contributed by atoms with Gasteiger partial charge in [0.15, 0.2) is 0 Å². The Morgan fingerprint density at radius 2 is 0.615 bits per heavy atom. The van der Waals surface area contributed by atoms with Gasteiger partial charge in [0.25, 0.3) is 0 Å². The summed E-state index contributed by atoms with van der Waals surface area (Å²) < 4.78 is 0. The summed E-state index contributed by atoms with van der Waals surface area (Å²) in [5, 5.41) is 0. The summed E-state index contributed by atoms with van der Waals surface area (Å²) in [5.74, 6) is 0. The van der Waals surface area contributed by atoms with Gasteiger partial charge in [-0.1, -0.05) is 98.8 Å². The average Bonchev–Trinajstić information content (AvgIpc) is 3.96. The summed E-state index contributed by atoms with van der Waals surface area (Å²) in [4.78, 5) is 15.2. The van der Waals surface area contributed by atoms with Crippen LogP contribution >= 0.6 is 56.7 Å². The van der Waals surface area contributed by atoms with Crippen LogP contribution in [0.3, 0.4) is 0 Å². The van der Waals surface area contributed by atoms with E-state index in [1.165, 1.54) is 158 Å². The van der Waals surface area contributed by atoms with Crippen molar-refractivity contribution in [1.29, 1.82) is 0 Å². The first kappa shape index (κ1) is 41.7. The first-order chi connectivity index (χ1) is 25.4. The largest absolute Gasteiger partial charge is 0.139 e. The third-order valence-corrected chi connectivity index (χ3v) is 17.0. The van der Waals surface area contributed by atoms with Gasteiger partial charge in [0.05, 0.1) is 0 Å². The van der Waals surface area contributed by atoms with Crippen molar-refractivity contribution in [3.63, 3.8) is 0 Å². The Bertz CT molecular complexity index is 1780. The molecule has 0 radical (unpaired) electrons. The molecule has 0 fully saturated rings. The van der Waals surface area contributed by atoms with E-state index in [9.17, 15) is 0 Å². The molecule has 0 saturated heterocycles. The molecule has 0 spiro atoms. The van der Waals surface area contributed by atoms with E-state index in [4.69, 9.17) is 0 Å². The Kier molecular flexibility index (Phi) is 17.3. The first-order valence-electron chi connectivity index (χ1n) is 21.0. The van der Waals surface area contributed by atoms with Gasteiger partial charge in [0.1, 0.15) is 0 Å². The lowest BCUT2D eigenvalue weighted by molar-refractivity contribution is 0.717. The van der Waals surface area contributed by atoms with Crippen LogP contribution in [0, 0.1) is 13.8 Å². The summed E-state index contributed by atoms with van der Waals surface area (Å²) in [7, 11) is 0. The molecular formula is C47H66S5. The number of hydrogen-bond acceptors (Lipinski definition) is 5.